The lowest BCUT2D eigenvalue weighted by molar-refractivity contribution is -0.127. The molecule has 4 atom stereocenters. The minimum Gasteiger partial charge on any atom is -0.353 e. The van der Waals surface area contributed by atoms with E-state index in [2.05, 4.69) is 28.2 Å². The second-order valence-electron chi connectivity index (χ2n) is 6.20. The molecule has 0 aromatic heterocycles. The van der Waals surface area contributed by atoms with Gasteiger partial charge in [0.15, 0.2) is 0 Å². The van der Waals surface area contributed by atoms with Crippen LogP contribution in [0.15, 0.2) is 0 Å². The molecule has 2 rings (SSSR count). The van der Waals surface area contributed by atoms with Crippen LogP contribution in [0.3, 0.4) is 0 Å². The van der Waals surface area contributed by atoms with Gasteiger partial charge in [-0.05, 0) is 44.4 Å². The van der Waals surface area contributed by atoms with Crippen molar-refractivity contribution in [3.05, 3.63) is 0 Å². The van der Waals surface area contributed by atoms with Crippen LogP contribution in [0.5, 0.6) is 0 Å². The van der Waals surface area contributed by atoms with Crippen LogP contribution in [-0.2, 0) is 4.79 Å². The molecule has 0 saturated heterocycles. The van der Waals surface area contributed by atoms with Crippen molar-refractivity contribution in [3.8, 4) is 0 Å². The fourth-order valence-electron chi connectivity index (χ4n) is 3.71. The van der Waals surface area contributed by atoms with E-state index in [4.69, 9.17) is 0 Å². The Morgan fingerprint density at radius 1 is 1.22 bits per heavy atom. The number of halogens is 1. The van der Waals surface area contributed by atoms with Crippen molar-refractivity contribution in [2.24, 2.45) is 17.8 Å². The number of carbonyl (C=O) groups excluding carboxylic acids is 1. The molecule has 3 heteroatoms. The molecule has 2 aliphatic rings. The van der Waals surface area contributed by atoms with E-state index < -0.39 is 0 Å². The van der Waals surface area contributed by atoms with Gasteiger partial charge < -0.3 is 5.32 Å². The minimum absolute atomic E-state index is 0.294. The van der Waals surface area contributed by atoms with Crippen molar-refractivity contribution in [1.29, 1.82) is 0 Å². The summed E-state index contributed by atoms with van der Waals surface area (Å²) in [6.45, 7) is 2.10. The summed E-state index contributed by atoms with van der Waals surface area (Å²) in [6, 6.07) is 0.306. The van der Waals surface area contributed by atoms with Crippen LogP contribution in [0.25, 0.3) is 0 Å². The van der Waals surface area contributed by atoms with E-state index in [1.165, 1.54) is 32.1 Å². The van der Waals surface area contributed by atoms with Gasteiger partial charge in [-0.1, -0.05) is 41.6 Å². The average Bonchev–Trinajstić information content (AvgIpc) is 2.38. The van der Waals surface area contributed by atoms with Crippen LogP contribution >= 0.6 is 15.9 Å². The van der Waals surface area contributed by atoms with E-state index in [0.29, 0.717) is 17.9 Å². The molecule has 0 aromatic carbocycles. The molecule has 0 aliphatic heterocycles. The zero-order chi connectivity index (χ0) is 13.0. The number of carbonyl (C=O) groups is 1. The van der Waals surface area contributed by atoms with E-state index in [9.17, 15) is 4.79 Å². The molecule has 0 heterocycles. The fourth-order valence-corrected chi connectivity index (χ4v) is 4.39. The van der Waals surface area contributed by atoms with Gasteiger partial charge in [0.2, 0.25) is 5.91 Å². The third-order valence-electron chi connectivity index (χ3n) is 4.84. The van der Waals surface area contributed by atoms with Crippen molar-refractivity contribution in [3.63, 3.8) is 0 Å². The third kappa shape index (κ3) is 3.72. The molecule has 2 fully saturated rings. The second kappa shape index (κ2) is 6.93. The van der Waals surface area contributed by atoms with Crippen LogP contribution in [0.2, 0.25) is 0 Å². The van der Waals surface area contributed by atoms with Crippen molar-refractivity contribution in [2.75, 3.05) is 5.33 Å². The van der Waals surface area contributed by atoms with Gasteiger partial charge in [0.05, 0.1) is 0 Å². The van der Waals surface area contributed by atoms with E-state index in [0.717, 1.165) is 36.4 Å². The Hall–Kier alpha value is -0.0500. The highest BCUT2D eigenvalue weighted by molar-refractivity contribution is 9.09. The summed E-state index contributed by atoms with van der Waals surface area (Å²) < 4.78 is 0. The maximum atomic E-state index is 12.2. The first kappa shape index (κ1) is 14.4. The van der Waals surface area contributed by atoms with Crippen molar-refractivity contribution in [2.45, 2.75) is 64.3 Å². The maximum Gasteiger partial charge on any atom is 0.223 e. The number of fused-ring (bicyclic) bond motifs is 1. The Kier molecular flexibility index (Phi) is 5.53. The van der Waals surface area contributed by atoms with Crippen molar-refractivity contribution < 1.29 is 4.79 Å². The van der Waals surface area contributed by atoms with Crippen LogP contribution in [0, 0.1) is 17.8 Å². The lowest BCUT2D eigenvalue weighted by atomic mass is 9.67. The number of nitrogens with one attached hydrogen (secondary N) is 1. The standard InChI is InChI=1S/C15H26BrNO/c1-11(8-9-16)17-15(18)14-7-6-12-4-2-3-5-13(12)10-14/h11-14H,2-10H2,1H3,(H,17,18). The molecular formula is C15H26BrNO. The topological polar surface area (TPSA) is 29.1 Å². The average molecular weight is 316 g/mol. The van der Waals surface area contributed by atoms with Gasteiger partial charge >= 0.3 is 0 Å². The van der Waals surface area contributed by atoms with Crippen LogP contribution in [0.1, 0.15) is 58.3 Å². The summed E-state index contributed by atoms with van der Waals surface area (Å²) in [4.78, 5) is 12.2. The maximum absolute atomic E-state index is 12.2. The minimum atomic E-state index is 0.294. The second-order valence-corrected chi connectivity index (χ2v) is 6.99. The van der Waals surface area contributed by atoms with Gasteiger partial charge in [-0.15, -0.1) is 0 Å². The third-order valence-corrected chi connectivity index (χ3v) is 5.30. The summed E-state index contributed by atoms with van der Waals surface area (Å²) in [5.74, 6) is 2.38. The monoisotopic (exact) mass is 315 g/mol. The normalized spacial score (nSPS) is 33.6. The number of hydrogen-bond acceptors (Lipinski definition) is 1. The lowest BCUT2D eigenvalue weighted by Gasteiger charge is -2.39. The Bertz CT molecular complexity index is 282. The summed E-state index contributed by atoms with van der Waals surface area (Å²) in [5, 5.41) is 4.14. The highest BCUT2D eigenvalue weighted by Gasteiger charge is 2.35. The Morgan fingerprint density at radius 3 is 2.67 bits per heavy atom. The molecule has 18 heavy (non-hydrogen) atoms. The largest absolute Gasteiger partial charge is 0.353 e. The molecule has 2 saturated carbocycles. The molecule has 2 aliphatic carbocycles. The van der Waals surface area contributed by atoms with Gasteiger partial charge in [-0.25, -0.2) is 0 Å². The molecule has 1 amide bonds. The first-order valence-electron chi connectivity index (χ1n) is 7.57. The van der Waals surface area contributed by atoms with E-state index in [-0.39, 0.29) is 0 Å². The van der Waals surface area contributed by atoms with Gasteiger partial charge in [-0.2, -0.15) is 0 Å². The number of rotatable bonds is 4. The molecule has 0 radical (unpaired) electrons. The van der Waals surface area contributed by atoms with Crippen LogP contribution < -0.4 is 5.32 Å². The molecule has 0 bridgehead atoms. The molecule has 104 valence electrons. The number of amides is 1. The summed E-state index contributed by atoms with van der Waals surface area (Å²) in [5.41, 5.74) is 0. The number of hydrogen-bond donors (Lipinski definition) is 1. The lowest BCUT2D eigenvalue weighted by Crippen LogP contribution is -2.41. The number of alkyl halides is 1. The van der Waals surface area contributed by atoms with E-state index in [1.54, 1.807) is 0 Å². The molecular weight excluding hydrogens is 290 g/mol. The van der Waals surface area contributed by atoms with Crippen molar-refractivity contribution in [1.82, 2.24) is 5.32 Å². The smallest absolute Gasteiger partial charge is 0.223 e. The molecule has 2 nitrogen and oxygen atoms in total. The van der Waals surface area contributed by atoms with Gasteiger partial charge in [0.25, 0.3) is 0 Å². The highest BCUT2D eigenvalue weighted by Crippen LogP contribution is 2.42. The SMILES string of the molecule is CC(CCBr)NC(=O)C1CCC2CCCCC2C1. The summed E-state index contributed by atoms with van der Waals surface area (Å²) >= 11 is 3.43. The van der Waals surface area contributed by atoms with Gasteiger partial charge in [-0.3, -0.25) is 4.79 Å². The van der Waals surface area contributed by atoms with Gasteiger partial charge in [0, 0.05) is 17.3 Å². The zero-order valence-electron chi connectivity index (χ0n) is 11.5. The predicted molar refractivity (Wildman–Crippen MR) is 78.8 cm³/mol. The predicted octanol–water partition coefficient (Wildman–Crippen LogP) is 3.88. The zero-order valence-corrected chi connectivity index (χ0v) is 13.0. The quantitative estimate of drug-likeness (QED) is 0.784. The first-order chi connectivity index (χ1) is 8.70. The summed E-state index contributed by atoms with van der Waals surface area (Å²) in [7, 11) is 0. The fraction of sp³-hybridized carbons (Fsp3) is 0.933. The molecule has 0 spiro atoms. The molecule has 0 aromatic rings. The molecule has 4 unspecified atom stereocenters. The Labute approximate surface area is 119 Å². The Balaban J connectivity index is 1.81. The highest BCUT2D eigenvalue weighted by atomic mass is 79.9. The summed E-state index contributed by atoms with van der Waals surface area (Å²) in [6.07, 6.45) is 10.2. The van der Waals surface area contributed by atoms with Gasteiger partial charge in [0.1, 0.15) is 0 Å². The van der Waals surface area contributed by atoms with E-state index >= 15 is 0 Å². The van der Waals surface area contributed by atoms with E-state index in [1.807, 2.05) is 0 Å². The van der Waals surface area contributed by atoms with Crippen molar-refractivity contribution >= 4 is 21.8 Å². The first-order valence-corrected chi connectivity index (χ1v) is 8.69. The van der Waals surface area contributed by atoms with Crippen LogP contribution in [-0.4, -0.2) is 17.3 Å². The Morgan fingerprint density at radius 2 is 1.94 bits per heavy atom. The molecule has 1 N–H and O–H groups in total. The van der Waals surface area contributed by atoms with Crippen LogP contribution in [0.4, 0.5) is 0 Å².